The second kappa shape index (κ2) is 6.32. The number of rotatable bonds is 4. The molecule has 0 aromatic carbocycles. The summed E-state index contributed by atoms with van der Waals surface area (Å²) < 4.78 is 24.5. The van der Waals surface area contributed by atoms with E-state index in [1.807, 2.05) is 0 Å². The van der Waals surface area contributed by atoms with Crippen LogP contribution in [0.3, 0.4) is 0 Å². The van der Waals surface area contributed by atoms with Crippen LogP contribution in [0.5, 0.6) is 0 Å². The smallest absolute Gasteiger partial charge is 0.211 e. The van der Waals surface area contributed by atoms with Crippen molar-refractivity contribution in [2.45, 2.75) is 51.6 Å². The molecule has 1 saturated heterocycles. The Hall–Kier alpha value is -0.500. The molecule has 0 bridgehead atoms. The SMILES string of the molecule is CC(C)(C)c1nc(CNC2CCN(S(C)(=O)=O)CC2)cs1. The van der Waals surface area contributed by atoms with Crippen LogP contribution < -0.4 is 5.32 Å². The zero-order chi connectivity index (χ0) is 15.7. The van der Waals surface area contributed by atoms with Crippen LogP contribution in [0.2, 0.25) is 0 Å². The first kappa shape index (κ1) is 16.9. The van der Waals surface area contributed by atoms with E-state index < -0.39 is 10.0 Å². The van der Waals surface area contributed by atoms with Gasteiger partial charge in [0.2, 0.25) is 10.0 Å². The van der Waals surface area contributed by atoms with E-state index in [2.05, 4.69) is 36.5 Å². The minimum Gasteiger partial charge on any atom is -0.308 e. The van der Waals surface area contributed by atoms with E-state index in [0.29, 0.717) is 19.1 Å². The zero-order valence-electron chi connectivity index (χ0n) is 13.2. The van der Waals surface area contributed by atoms with Gasteiger partial charge in [0.15, 0.2) is 0 Å². The molecule has 1 aromatic rings. The number of nitrogens with one attached hydrogen (secondary N) is 1. The van der Waals surface area contributed by atoms with Crippen molar-refractivity contribution in [1.82, 2.24) is 14.6 Å². The predicted molar refractivity (Wildman–Crippen MR) is 87.1 cm³/mol. The van der Waals surface area contributed by atoms with Crippen molar-refractivity contribution in [1.29, 1.82) is 0 Å². The summed E-state index contributed by atoms with van der Waals surface area (Å²) in [5.41, 5.74) is 1.18. The number of piperidine rings is 1. The van der Waals surface area contributed by atoms with Crippen molar-refractivity contribution in [3.63, 3.8) is 0 Å². The van der Waals surface area contributed by atoms with Crippen molar-refractivity contribution >= 4 is 21.4 Å². The summed E-state index contributed by atoms with van der Waals surface area (Å²) in [6.45, 7) is 8.50. The van der Waals surface area contributed by atoms with Crippen LogP contribution in [-0.2, 0) is 22.0 Å². The summed E-state index contributed by atoms with van der Waals surface area (Å²) in [4.78, 5) is 4.67. The van der Waals surface area contributed by atoms with E-state index in [0.717, 1.165) is 30.1 Å². The Morgan fingerprint density at radius 3 is 2.48 bits per heavy atom. The Morgan fingerprint density at radius 2 is 2.00 bits per heavy atom. The third kappa shape index (κ3) is 4.74. The normalized spacial score (nSPS) is 19.0. The summed E-state index contributed by atoms with van der Waals surface area (Å²) in [6, 6.07) is 0.378. The molecule has 120 valence electrons. The number of nitrogens with zero attached hydrogens (tertiary/aromatic N) is 2. The molecular formula is C14H25N3O2S2. The predicted octanol–water partition coefficient (Wildman–Crippen LogP) is 1.95. The summed E-state index contributed by atoms with van der Waals surface area (Å²) in [6.07, 6.45) is 3.01. The van der Waals surface area contributed by atoms with Crippen molar-refractivity contribution in [3.8, 4) is 0 Å². The molecule has 0 amide bonds. The van der Waals surface area contributed by atoms with Gasteiger partial charge < -0.3 is 5.32 Å². The summed E-state index contributed by atoms with van der Waals surface area (Å²) in [7, 11) is -3.03. The first-order valence-corrected chi connectivity index (χ1v) is 10.0. The Labute approximate surface area is 131 Å². The van der Waals surface area contributed by atoms with Gasteiger partial charge in [0, 0.05) is 36.5 Å². The fourth-order valence-electron chi connectivity index (χ4n) is 2.37. The highest BCUT2D eigenvalue weighted by molar-refractivity contribution is 7.88. The minimum atomic E-state index is -3.03. The first-order chi connectivity index (χ1) is 9.66. The second-order valence-electron chi connectivity index (χ2n) is 6.71. The molecule has 5 nitrogen and oxygen atoms in total. The molecule has 0 saturated carbocycles. The third-order valence-electron chi connectivity index (χ3n) is 3.69. The number of hydrogen-bond donors (Lipinski definition) is 1. The molecule has 0 unspecified atom stereocenters. The van der Waals surface area contributed by atoms with Gasteiger partial charge in [-0.1, -0.05) is 20.8 Å². The maximum atomic E-state index is 11.5. The molecule has 1 aliphatic heterocycles. The van der Waals surface area contributed by atoms with Crippen molar-refractivity contribution < 1.29 is 8.42 Å². The van der Waals surface area contributed by atoms with E-state index in [4.69, 9.17) is 0 Å². The van der Waals surface area contributed by atoms with Gasteiger partial charge in [-0.3, -0.25) is 0 Å². The fraction of sp³-hybridized carbons (Fsp3) is 0.786. The van der Waals surface area contributed by atoms with Crippen molar-refractivity contribution in [2.75, 3.05) is 19.3 Å². The van der Waals surface area contributed by atoms with E-state index in [9.17, 15) is 8.42 Å². The summed E-state index contributed by atoms with van der Waals surface area (Å²) >= 11 is 1.71. The molecule has 0 spiro atoms. The Kier molecular flexibility index (Phi) is 5.07. The van der Waals surface area contributed by atoms with Crippen LogP contribution >= 0.6 is 11.3 Å². The van der Waals surface area contributed by atoms with Crippen molar-refractivity contribution in [3.05, 3.63) is 16.1 Å². The van der Waals surface area contributed by atoms with Gasteiger partial charge in [-0.2, -0.15) is 0 Å². The van der Waals surface area contributed by atoms with E-state index in [1.54, 1.807) is 15.6 Å². The Bertz CT molecular complexity index is 567. The number of aromatic nitrogens is 1. The molecule has 2 rings (SSSR count). The summed E-state index contributed by atoms with van der Waals surface area (Å²) in [5, 5.41) is 6.77. The van der Waals surface area contributed by atoms with Crippen LogP contribution in [0.4, 0.5) is 0 Å². The first-order valence-electron chi connectivity index (χ1n) is 7.29. The average molecular weight is 332 g/mol. The zero-order valence-corrected chi connectivity index (χ0v) is 14.9. The minimum absolute atomic E-state index is 0.101. The molecule has 0 atom stereocenters. The topological polar surface area (TPSA) is 62.3 Å². The van der Waals surface area contributed by atoms with Gasteiger partial charge in [0.05, 0.1) is 17.0 Å². The van der Waals surface area contributed by atoms with Gasteiger partial charge in [-0.05, 0) is 12.8 Å². The van der Waals surface area contributed by atoms with Crippen LogP contribution in [0, 0.1) is 0 Å². The summed E-state index contributed by atoms with van der Waals surface area (Å²) in [5.74, 6) is 0. The number of thiazole rings is 1. The van der Waals surface area contributed by atoms with Crippen LogP contribution in [-0.4, -0.2) is 43.1 Å². The van der Waals surface area contributed by atoms with Crippen LogP contribution in [0.15, 0.2) is 5.38 Å². The molecule has 21 heavy (non-hydrogen) atoms. The number of sulfonamides is 1. The molecule has 1 N–H and O–H groups in total. The lowest BCUT2D eigenvalue weighted by atomic mass is 9.98. The molecule has 7 heteroatoms. The van der Waals surface area contributed by atoms with Gasteiger partial charge in [0.25, 0.3) is 0 Å². The Balaban J connectivity index is 1.81. The second-order valence-corrected chi connectivity index (χ2v) is 9.55. The van der Waals surface area contributed by atoms with Gasteiger partial charge in [0.1, 0.15) is 0 Å². The molecule has 1 aromatic heterocycles. The highest BCUT2D eigenvalue weighted by atomic mass is 32.2. The van der Waals surface area contributed by atoms with Gasteiger partial charge in [-0.15, -0.1) is 11.3 Å². The maximum Gasteiger partial charge on any atom is 0.211 e. The van der Waals surface area contributed by atoms with E-state index >= 15 is 0 Å². The van der Waals surface area contributed by atoms with Crippen LogP contribution in [0.1, 0.15) is 44.3 Å². The lowest BCUT2D eigenvalue weighted by Gasteiger charge is -2.30. The van der Waals surface area contributed by atoms with Gasteiger partial charge >= 0.3 is 0 Å². The van der Waals surface area contributed by atoms with E-state index in [1.165, 1.54) is 6.26 Å². The number of hydrogen-bond acceptors (Lipinski definition) is 5. The highest BCUT2D eigenvalue weighted by Gasteiger charge is 2.24. The molecule has 1 fully saturated rings. The van der Waals surface area contributed by atoms with Gasteiger partial charge in [-0.25, -0.2) is 17.7 Å². The van der Waals surface area contributed by atoms with E-state index in [-0.39, 0.29) is 5.41 Å². The largest absolute Gasteiger partial charge is 0.308 e. The fourth-order valence-corrected chi connectivity index (χ4v) is 4.15. The van der Waals surface area contributed by atoms with Crippen molar-refractivity contribution in [2.24, 2.45) is 0 Å². The lowest BCUT2D eigenvalue weighted by molar-refractivity contribution is 0.289. The maximum absolute atomic E-state index is 11.5. The standard InChI is InChI=1S/C14H25N3O2S2/c1-14(2,3)13-16-12(10-20-13)9-15-11-5-7-17(8-6-11)21(4,18)19/h10-11,15H,5-9H2,1-4H3. The third-order valence-corrected chi connectivity index (χ3v) is 6.31. The van der Waals surface area contributed by atoms with Crippen LogP contribution in [0.25, 0.3) is 0 Å². The average Bonchev–Trinajstić information content (AvgIpc) is 2.84. The molecule has 2 heterocycles. The lowest BCUT2D eigenvalue weighted by Crippen LogP contribution is -2.44. The Morgan fingerprint density at radius 1 is 1.38 bits per heavy atom. The molecule has 1 aliphatic rings. The highest BCUT2D eigenvalue weighted by Crippen LogP contribution is 2.25. The monoisotopic (exact) mass is 331 g/mol. The molecule has 0 radical (unpaired) electrons. The molecule has 0 aliphatic carbocycles. The molecular weight excluding hydrogens is 306 g/mol. The quantitative estimate of drug-likeness (QED) is 0.916.